The van der Waals surface area contributed by atoms with Crippen LogP contribution in [0.4, 0.5) is 0 Å². The fourth-order valence-electron chi connectivity index (χ4n) is 1.92. The molecule has 1 amide bonds. The Hall–Kier alpha value is -1.91. The summed E-state index contributed by atoms with van der Waals surface area (Å²) in [5.74, 6) is -0.0896. The molecule has 0 aromatic carbocycles. The van der Waals surface area contributed by atoms with Crippen LogP contribution in [0.15, 0.2) is 12.1 Å². The zero-order valence-corrected chi connectivity index (χ0v) is 9.90. The van der Waals surface area contributed by atoms with Gasteiger partial charge in [0.25, 0.3) is 5.91 Å². The van der Waals surface area contributed by atoms with Gasteiger partial charge in [-0.3, -0.25) is 9.48 Å². The van der Waals surface area contributed by atoms with E-state index in [0.717, 1.165) is 29.6 Å². The number of pyridine rings is 1. The van der Waals surface area contributed by atoms with Gasteiger partial charge in [0.15, 0.2) is 5.65 Å². The summed E-state index contributed by atoms with van der Waals surface area (Å²) in [7, 11) is 1.84. The molecule has 17 heavy (non-hydrogen) atoms. The number of aromatic nitrogens is 3. The Balaban J connectivity index is 2.00. The molecule has 5 nitrogen and oxygen atoms in total. The van der Waals surface area contributed by atoms with Gasteiger partial charge < -0.3 is 5.32 Å². The highest BCUT2D eigenvalue weighted by atomic mass is 16.2. The molecule has 88 valence electrons. The third-order valence-corrected chi connectivity index (χ3v) is 3.02. The lowest BCUT2D eigenvalue weighted by atomic mass is 10.2. The summed E-state index contributed by atoms with van der Waals surface area (Å²) < 4.78 is 1.71. The minimum atomic E-state index is -0.0896. The van der Waals surface area contributed by atoms with Crippen LogP contribution in [0.5, 0.6) is 0 Å². The van der Waals surface area contributed by atoms with E-state index in [0.29, 0.717) is 11.7 Å². The van der Waals surface area contributed by atoms with Crippen molar-refractivity contribution in [3.8, 4) is 0 Å². The summed E-state index contributed by atoms with van der Waals surface area (Å²) in [5, 5.41) is 8.21. The lowest BCUT2D eigenvalue weighted by Crippen LogP contribution is -2.26. The highest BCUT2D eigenvalue weighted by molar-refractivity contribution is 5.95. The molecular weight excluding hydrogens is 216 g/mol. The van der Waals surface area contributed by atoms with Crippen LogP contribution in [-0.2, 0) is 7.05 Å². The van der Waals surface area contributed by atoms with E-state index in [1.165, 1.54) is 0 Å². The molecular formula is C12H14N4O. The van der Waals surface area contributed by atoms with Gasteiger partial charge in [0.05, 0.1) is 5.69 Å². The summed E-state index contributed by atoms with van der Waals surface area (Å²) in [4.78, 5) is 16.2. The summed E-state index contributed by atoms with van der Waals surface area (Å²) in [6, 6.07) is 4.02. The van der Waals surface area contributed by atoms with Crippen LogP contribution in [0.1, 0.15) is 29.0 Å². The number of fused-ring (bicyclic) bond motifs is 1. The largest absolute Gasteiger partial charge is 0.348 e. The first kappa shape index (κ1) is 10.3. The van der Waals surface area contributed by atoms with Crippen molar-refractivity contribution in [1.82, 2.24) is 20.1 Å². The van der Waals surface area contributed by atoms with Crippen LogP contribution in [0.2, 0.25) is 0 Å². The first-order valence-electron chi connectivity index (χ1n) is 5.76. The SMILES string of the molecule is Cc1nn(C)c2nc(C(=O)NC3CC3)ccc12. The van der Waals surface area contributed by atoms with E-state index in [2.05, 4.69) is 15.4 Å². The molecule has 0 saturated heterocycles. The Morgan fingerprint density at radius 2 is 2.24 bits per heavy atom. The number of carbonyl (C=O) groups is 1. The van der Waals surface area contributed by atoms with Crippen LogP contribution in [0.25, 0.3) is 11.0 Å². The Morgan fingerprint density at radius 1 is 1.47 bits per heavy atom. The van der Waals surface area contributed by atoms with E-state index in [9.17, 15) is 4.79 Å². The number of nitrogens with zero attached hydrogens (tertiary/aromatic N) is 3. The summed E-state index contributed by atoms with van der Waals surface area (Å²) >= 11 is 0. The van der Waals surface area contributed by atoms with Crippen LogP contribution < -0.4 is 5.32 Å². The maximum Gasteiger partial charge on any atom is 0.270 e. The fraction of sp³-hybridized carbons (Fsp3) is 0.417. The Morgan fingerprint density at radius 3 is 2.94 bits per heavy atom. The van der Waals surface area contributed by atoms with Gasteiger partial charge in [-0.25, -0.2) is 4.98 Å². The van der Waals surface area contributed by atoms with E-state index in [4.69, 9.17) is 0 Å². The molecule has 1 aliphatic rings. The van der Waals surface area contributed by atoms with E-state index < -0.39 is 0 Å². The number of nitrogens with one attached hydrogen (secondary N) is 1. The molecule has 0 unspecified atom stereocenters. The number of hydrogen-bond donors (Lipinski definition) is 1. The standard InChI is InChI=1S/C12H14N4O/c1-7-9-5-6-10(12(17)13-8-3-4-8)14-11(9)16(2)15-7/h5-6,8H,3-4H2,1-2H3,(H,13,17). The van der Waals surface area contributed by atoms with E-state index in [1.807, 2.05) is 20.0 Å². The van der Waals surface area contributed by atoms with Gasteiger partial charge in [-0.15, -0.1) is 0 Å². The second kappa shape index (κ2) is 3.55. The molecule has 1 fully saturated rings. The van der Waals surface area contributed by atoms with Gasteiger partial charge in [-0.2, -0.15) is 5.10 Å². The molecule has 2 heterocycles. The summed E-state index contributed by atoms with van der Waals surface area (Å²) in [5.41, 5.74) is 2.16. The number of rotatable bonds is 2. The van der Waals surface area contributed by atoms with Crippen molar-refractivity contribution in [2.75, 3.05) is 0 Å². The van der Waals surface area contributed by atoms with E-state index >= 15 is 0 Å². The highest BCUT2D eigenvalue weighted by Crippen LogP contribution is 2.20. The lowest BCUT2D eigenvalue weighted by molar-refractivity contribution is 0.0946. The highest BCUT2D eigenvalue weighted by Gasteiger charge is 2.24. The number of amides is 1. The fourth-order valence-corrected chi connectivity index (χ4v) is 1.92. The van der Waals surface area contributed by atoms with Crippen LogP contribution >= 0.6 is 0 Å². The molecule has 0 atom stereocenters. The van der Waals surface area contributed by atoms with Crippen molar-refractivity contribution in [3.05, 3.63) is 23.5 Å². The maximum absolute atomic E-state index is 11.9. The summed E-state index contributed by atoms with van der Waals surface area (Å²) in [6.45, 7) is 1.94. The molecule has 5 heteroatoms. The van der Waals surface area contributed by atoms with Gasteiger partial charge in [0, 0.05) is 18.5 Å². The zero-order chi connectivity index (χ0) is 12.0. The number of aryl methyl sites for hydroxylation is 2. The molecule has 0 aliphatic heterocycles. The first-order valence-corrected chi connectivity index (χ1v) is 5.76. The normalized spacial score (nSPS) is 15.2. The maximum atomic E-state index is 11.9. The number of carbonyl (C=O) groups excluding carboxylic acids is 1. The average molecular weight is 230 g/mol. The Labute approximate surface area is 98.8 Å². The average Bonchev–Trinajstić information content (AvgIpc) is 3.07. The van der Waals surface area contributed by atoms with Crippen LogP contribution in [0.3, 0.4) is 0 Å². The molecule has 0 bridgehead atoms. The minimum absolute atomic E-state index is 0.0896. The third-order valence-electron chi connectivity index (χ3n) is 3.02. The summed E-state index contributed by atoms with van der Waals surface area (Å²) in [6.07, 6.45) is 2.16. The monoisotopic (exact) mass is 230 g/mol. The molecule has 1 aliphatic carbocycles. The van der Waals surface area contributed by atoms with Crippen molar-refractivity contribution in [2.24, 2.45) is 7.05 Å². The van der Waals surface area contributed by atoms with Crippen molar-refractivity contribution in [3.63, 3.8) is 0 Å². The van der Waals surface area contributed by atoms with Crippen LogP contribution in [-0.4, -0.2) is 26.7 Å². The second-order valence-electron chi connectivity index (χ2n) is 4.52. The van der Waals surface area contributed by atoms with Gasteiger partial charge in [-0.1, -0.05) is 0 Å². The first-order chi connectivity index (χ1) is 8.15. The smallest absolute Gasteiger partial charge is 0.270 e. The molecule has 1 saturated carbocycles. The van der Waals surface area contributed by atoms with E-state index in [-0.39, 0.29) is 5.91 Å². The third kappa shape index (κ3) is 1.77. The minimum Gasteiger partial charge on any atom is -0.348 e. The topological polar surface area (TPSA) is 59.8 Å². The predicted molar refractivity (Wildman–Crippen MR) is 63.7 cm³/mol. The molecule has 0 spiro atoms. The lowest BCUT2D eigenvalue weighted by Gasteiger charge is -2.02. The quantitative estimate of drug-likeness (QED) is 0.842. The zero-order valence-electron chi connectivity index (χ0n) is 9.90. The van der Waals surface area contributed by atoms with Crippen molar-refractivity contribution >= 4 is 16.9 Å². The van der Waals surface area contributed by atoms with Gasteiger partial charge >= 0.3 is 0 Å². The molecule has 0 radical (unpaired) electrons. The second-order valence-corrected chi connectivity index (χ2v) is 4.52. The molecule has 1 N–H and O–H groups in total. The predicted octanol–water partition coefficient (Wildman–Crippen LogP) is 1.17. The Bertz CT molecular complexity index is 598. The molecule has 2 aromatic rings. The van der Waals surface area contributed by atoms with Crippen LogP contribution in [0, 0.1) is 6.92 Å². The Kier molecular flexibility index (Phi) is 2.14. The van der Waals surface area contributed by atoms with Crippen molar-refractivity contribution in [1.29, 1.82) is 0 Å². The van der Waals surface area contributed by atoms with Gasteiger partial charge in [0.1, 0.15) is 5.69 Å². The van der Waals surface area contributed by atoms with Gasteiger partial charge in [-0.05, 0) is 31.9 Å². The van der Waals surface area contributed by atoms with E-state index in [1.54, 1.807) is 10.7 Å². The van der Waals surface area contributed by atoms with Gasteiger partial charge in [0.2, 0.25) is 0 Å². The van der Waals surface area contributed by atoms with Crippen molar-refractivity contribution in [2.45, 2.75) is 25.8 Å². The number of hydrogen-bond acceptors (Lipinski definition) is 3. The molecule has 2 aromatic heterocycles. The van der Waals surface area contributed by atoms with Crippen molar-refractivity contribution < 1.29 is 4.79 Å². The molecule has 3 rings (SSSR count).